The molecule has 1 aliphatic rings. The smallest absolute Gasteiger partial charge is 0.375 e. The van der Waals surface area contributed by atoms with Gasteiger partial charge in [-0.25, -0.2) is 18.0 Å². The van der Waals surface area contributed by atoms with Crippen molar-refractivity contribution in [3.05, 3.63) is 69.5 Å². The molecular formula is C23H17F7N2O4. The summed E-state index contributed by atoms with van der Waals surface area (Å²) in [6.45, 7) is 1.69. The summed E-state index contributed by atoms with van der Waals surface area (Å²) in [6, 6.07) is 4.71. The molecule has 1 atom stereocenters. The maximum absolute atomic E-state index is 15.7. The van der Waals surface area contributed by atoms with Crippen molar-refractivity contribution in [2.75, 3.05) is 5.12 Å². The fourth-order valence-electron chi connectivity index (χ4n) is 4.25. The fourth-order valence-corrected chi connectivity index (χ4v) is 4.25. The Kier molecular flexibility index (Phi) is 5.70. The molecule has 1 N–H and O–H groups in total. The summed E-state index contributed by atoms with van der Waals surface area (Å²) in [5, 5.41) is 13.3. The molecule has 13 heteroatoms. The van der Waals surface area contributed by atoms with E-state index in [0.29, 0.717) is 19.1 Å². The largest absolute Gasteiger partial charge is 0.419 e. The van der Waals surface area contributed by atoms with Crippen molar-refractivity contribution in [2.45, 2.75) is 49.8 Å². The van der Waals surface area contributed by atoms with Crippen LogP contribution < -0.4 is 10.7 Å². The van der Waals surface area contributed by atoms with Crippen molar-refractivity contribution in [2.24, 2.45) is 0 Å². The van der Waals surface area contributed by atoms with Crippen molar-refractivity contribution in [3.63, 3.8) is 0 Å². The predicted molar refractivity (Wildman–Crippen MR) is 111 cm³/mol. The summed E-state index contributed by atoms with van der Waals surface area (Å²) in [7, 11) is 0. The Hall–Kier alpha value is -3.48. The summed E-state index contributed by atoms with van der Waals surface area (Å²) in [4.78, 5) is 24.5. The Labute approximate surface area is 197 Å². The third-order valence-electron chi connectivity index (χ3n) is 6.48. The number of halogens is 7. The Morgan fingerprint density at radius 2 is 1.75 bits per heavy atom. The lowest BCUT2D eigenvalue weighted by molar-refractivity contribution is -0.199. The molecule has 1 aliphatic carbocycles. The molecular weight excluding hydrogens is 501 g/mol. The predicted octanol–water partition coefficient (Wildman–Crippen LogP) is 4.99. The molecule has 1 unspecified atom stereocenters. The molecule has 1 heterocycles. The van der Waals surface area contributed by atoms with Crippen LogP contribution in [0.1, 0.15) is 36.6 Å². The molecule has 1 amide bonds. The van der Waals surface area contributed by atoms with Gasteiger partial charge in [-0.15, -0.1) is 5.12 Å². The van der Waals surface area contributed by atoms with Crippen LogP contribution in [-0.4, -0.2) is 27.7 Å². The lowest BCUT2D eigenvalue weighted by Gasteiger charge is -2.38. The molecule has 0 radical (unpaired) electrons. The molecule has 3 aromatic rings. The van der Waals surface area contributed by atoms with Gasteiger partial charge in [-0.05, 0) is 51.0 Å². The average Bonchev–Trinajstić information content (AvgIpc) is 3.62. The monoisotopic (exact) mass is 518 g/mol. The number of carbonyl (C=O) groups is 1. The molecule has 1 saturated carbocycles. The summed E-state index contributed by atoms with van der Waals surface area (Å²) < 4.78 is 105. The topological polar surface area (TPSA) is 83.6 Å². The molecule has 1 aromatic heterocycles. The normalized spacial score (nSPS) is 17.1. The van der Waals surface area contributed by atoms with Crippen LogP contribution in [0.15, 0.2) is 45.7 Å². The summed E-state index contributed by atoms with van der Waals surface area (Å²) in [5.74, 6) is -8.71. The van der Waals surface area contributed by atoms with E-state index in [9.17, 15) is 32.3 Å². The van der Waals surface area contributed by atoms with Crippen LogP contribution in [0.3, 0.4) is 0 Å². The van der Waals surface area contributed by atoms with Gasteiger partial charge in [0.15, 0.2) is 0 Å². The number of aliphatic hydroxyl groups is 1. The van der Waals surface area contributed by atoms with Crippen LogP contribution in [0.5, 0.6) is 0 Å². The molecule has 6 nitrogen and oxygen atoms in total. The minimum absolute atomic E-state index is 0.0373. The van der Waals surface area contributed by atoms with Crippen molar-refractivity contribution in [1.82, 2.24) is 5.16 Å². The van der Waals surface area contributed by atoms with Crippen LogP contribution >= 0.6 is 0 Å². The number of anilines is 1. The molecule has 36 heavy (non-hydrogen) atoms. The average molecular weight is 518 g/mol. The van der Waals surface area contributed by atoms with Crippen molar-refractivity contribution in [3.8, 4) is 0 Å². The lowest BCUT2D eigenvalue weighted by atomic mass is 9.78. The molecule has 0 bridgehead atoms. The van der Waals surface area contributed by atoms with Crippen LogP contribution in [0.2, 0.25) is 0 Å². The van der Waals surface area contributed by atoms with Crippen LogP contribution in [0.25, 0.3) is 10.8 Å². The number of hydrogen-bond donors (Lipinski definition) is 1. The second-order valence-corrected chi connectivity index (χ2v) is 8.76. The fraction of sp³-hybridized carbons (Fsp3) is 0.348. The van der Waals surface area contributed by atoms with Gasteiger partial charge in [0.2, 0.25) is 5.60 Å². The first-order valence-electron chi connectivity index (χ1n) is 10.4. The number of aryl methyl sites for hydroxylation is 1. The van der Waals surface area contributed by atoms with E-state index in [-0.39, 0.29) is 16.5 Å². The Morgan fingerprint density at radius 3 is 2.33 bits per heavy atom. The Bertz CT molecular complexity index is 1430. The first kappa shape index (κ1) is 25.6. The van der Waals surface area contributed by atoms with Gasteiger partial charge < -0.3 is 9.63 Å². The highest BCUT2D eigenvalue weighted by Gasteiger charge is 2.74. The highest BCUT2D eigenvalue weighted by atomic mass is 19.4. The summed E-state index contributed by atoms with van der Waals surface area (Å²) in [5.41, 5.74) is -10.7. The maximum Gasteiger partial charge on any atom is 0.419 e. The zero-order valence-electron chi connectivity index (χ0n) is 18.6. The molecule has 4 rings (SSSR count). The Morgan fingerprint density at radius 1 is 1.11 bits per heavy atom. The molecule has 0 aliphatic heterocycles. The van der Waals surface area contributed by atoms with Crippen LogP contribution in [0, 0.1) is 12.7 Å². The van der Waals surface area contributed by atoms with Gasteiger partial charge in [0, 0.05) is 10.9 Å². The van der Waals surface area contributed by atoms with E-state index in [1.807, 2.05) is 0 Å². The zero-order valence-corrected chi connectivity index (χ0v) is 18.6. The minimum Gasteiger partial charge on any atom is -0.375 e. The van der Waals surface area contributed by atoms with Gasteiger partial charge >= 0.3 is 11.8 Å². The van der Waals surface area contributed by atoms with Crippen molar-refractivity contribution < 1.29 is 45.2 Å². The third kappa shape index (κ3) is 3.64. The highest BCUT2D eigenvalue weighted by Crippen LogP contribution is 2.62. The van der Waals surface area contributed by atoms with Gasteiger partial charge in [0.1, 0.15) is 5.82 Å². The van der Waals surface area contributed by atoms with Crippen molar-refractivity contribution in [1.29, 1.82) is 0 Å². The number of hydrogen-bond acceptors (Lipinski definition) is 5. The number of alkyl halides is 5. The number of rotatable bonds is 5. The quantitative estimate of drug-likeness (QED) is 0.380. The number of amides is 1. The van der Waals surface area contributed by atoms with Gasteiger partial charge in [0.25, 0.3) is 11.8 Å². The van der Waals surface area contributed by atoms with Crippen LogP contribution in [0.4, 0.5) is 36.5 Å². The zero-order chi connectivity index (χ0) is 26.8. The number of aromatic nitrogens is 1. The first-order valence-corrected chi connectivity index (χ1v) is 10.4. The Balaban J connectivity index is 1.74. The van der Waals surface area contributed by atoms with E-state index in [4.69, 9.17) is 0 Å². The molecule has 0 saturated heterocycles. The molecule has 0 spiro atoms. The third-order valence-corrected chi connectivity index (χ3v) is 6.48. The number of nitrogens with zero attached hydrogens (tertiary/aromatic N) is 2. The number of benzene rings is 2. The summed E-state index contributed by atoms with van der Waals surface area (Å²) >= 11 is 0. The van der Waals surface area contributed by atoms with E-state index in [1.54, 1.807) is 0 Å². The molecule has 2 aromatic carbocycles. The number of fused-ring (bicyclic) bond motifs is 1. The summed E-state index contributed by atoms with van der Waals surface area (Å²) in [6.07, 6.45) is -6.31. The maximum atomic E-state index is 15.7. The van der Waals surface area contributed by atoms with Crippen LogP contribution in [-0.2, 0) is 16.4 Å². The van der Waals surface area contributed by atoms with E-state index in [0.717, 1.165) is 24.3 Å². The lowest BCUT2D eigenvalue weighted by Crippen LogP contribution is -2.61. The van der Waals surface area contributed by atoms with Gasteiger partial charge in [-0.1, -0.05) is 21.8 Å². The van der Waals surface area contributed by atoms with Crippen molar-refractivity contribution >= 4 is 22.4 Å². The van der Waals surface area contributed by atoms with E-state index in [1.165, 1.54) is 6.92 Å². The second kappa shape index (κ2) is 8.02. The van der Waals surface area contributed by atoms with Gasteiger partial charge in [-0.2, -0.15) is 13.2 Å². The second-order valence-electron chi connectivity index (χ2n) is 8.76. The van der Waals surface area contributed by atoms with Gasteiger partial charge in [0.05, 0.1) is 27.7 Å². The minimum atomic E-state index is -5.18. The van der Waals surface area contributed by atoms with E-state index < -0.39 is 75.2 Å². The van der Waals surface area contributed by atoms with E-state index in [2.05, 4.69) is 9.68 Å². The molecule has 1 fully saturated rings. The number of carbonyl (C=O) groups excluding carboxylic acids is 1. The standard InChI is InChI=1S/C23H17F7N2O4/c1-11-14-10-12(6-7-13(14)18(33)36-31-11)32(30)19(34)20(2,35)23(28,29)21(8-9-21)15-4-3-5-16(17(15)24)22(25,26)27/h3-7,10,35H,8-9H2,1-2H3. The highest BCUT2D eigenvalue weighted by molar-refractivity contribution is 6.00. The molecule has 192 valence electrons. The first-order chi connectivity index (χ1) is 16.6. The SMILES string of the molecule is Cc1noc(=O)c2ccc(N(F)C(=O)C(C)(O)C(F)(F)C3(c4cccc(C(F)(F)F)c4F)CC3)cc12. The van der Waals surface area contributed by atoms with E-state index >= 15 is 13.3 Å². The van der Waals surface area contributed by atoms with Gasteiger partial charge in [-0.3, -0.25) is 4.79 Å².